The van der Waals surface area contributed by atoms with Gasteiger partial charge in [0.05, 0.1) is 0 Å². The first-order valence-corrected chi connectivity index (χ1v) is 8.18. The van der Waals surface area contributed by atoms with Crippen LogP contribution in [0.15, 0.2) is 42.5 Å². The second kappa shape index (κ2) is 7.34. The SMILES string of the molecule is C[C@H](NC(=O)COC(=O)COc1ccc2ccccc2c1)C1CC1. The number of benzene rings is 2. The molecule has 1 aliphatic carbocycles. The predicted molar refractivity (Wildman–Crippen MR) is 90.7 cm³/mol. The Hall–Kier alpha value is -2.56. The molecule has 1 fully saturated rings. The maximum Gasteiger partial charge on any atom is 0.344 e. The Bertz CT molecular complexity index is 739. The summed E-state index contributed by atoms with van der Waals surface area (Å²) < 4.78 is 10.4. The van der Waals surface area contributed by atoms with Crippen molar-refractivity contribution in [3.8, 4) is 5.75 Å². The molecule has 126 valence electrons. The molecule has 1 atom stereocenters. The van der Waals surface area contributed by atoms with E-state index in [2.05, 4.69) is 5.32 Å². The van der Waals surface area contributed by atoms with E-state index in [4.69, 9.17) is 9.47 Å². The Labute approximate surface area is 140 Å². The van der Waals surface area contributed by atoms with Crippen molar-refractivity contribution in [2.75, 3.05) is 13.2 Å². The van der Waals surface area contributed by atoms with E-state index < -0.39 is 5.97 Å². The van der Waals surface area contributed by atoms with E-state index in [1.165, 1.54) is 0 Å². The molecule has 0 bridgehead atoms. The topological polar surface area (TPSA) is 64.6 Å². The number of amides is 1. The molecule has 0 aromatic heterocycles. The van der Waals surface area contributed by atoms with E-state index in [9.17, 15) is 9.59 Å². The van der Waals surface area contributed by atoms with Gasteiger partial charge < -0.3 is 14.8 Å². The zero-order valence-corrected chi connectivity index (χ0v) is 13.7. The normalized spacial score (nSPS) is 14.9. The molecule has 0 spiro atoms. The summed E-state index contributed by atoms with van der Waals surface area (Å²) >= 11 is 0. The van der Waals surface area contributed by atoms with E-state index in [0.717, 1.165) is 23.6 Å². The number of nitrogens with one attached hydrogen (secondary N) is 1. The molecule has 1 amide bonds. The molecule has 0 saturated heterocycles. The lowest BCUT2D eigenvalue weighted by Crippen LogP contribution is -2.37. The first-order chi connectivity index (χ1) is 11.6. The molecule has 0 unspecified atom stereocenters. The minimum absolute atomic E-state index is 0.144. The number of fused-ring (bicyclic) bond motifs is 1. The van der Waals surface area contributed by atoms with Gasteiger partial charge in [0.25, 0.3) is 5.91 Å². The van der Waals surface area contributed by atoms with Crippen molar-refractivity contribution in [2.24, 2.45) is 5.92 Å². The largest absolute Gasteiger partial charge is 0.482 e. The number of carbonyl (C=O) groups is 2. The predicted octanol–water partition coefficient (Wildman–Crippen LogP) is 2.68. The van der Waals surface area contributed by atoms with Crippen molar-refractivity contribution in [3.05, 3.63) is 42.5 Å². The molecule has 5 heteroatoms. The maximum absolute atomic E-state index is 11.7. The van der Waals surface area contributed by atoms with Crippen molar-refractivity contribution < 1.29 is 19.1 Å². The highest BCUT2D eigenvalue weighted by atomic mass is 16.6. The average Bonchev–Trinajstić information content (AvgIpc) is 3.43. The molecular formula is C19H21NO4. The number of carbonyl (C=O) groups excluding carboxylic acids is 2. The third-order valence-corrected chi connectivity index (χ3v) is 4.16. The van der Waals surface area contributed by atoms with E-state index in [0.29, 0.717) is 11.7 Å². The monoisotopic (exact) mass is 327 g/mol. The van der Waals surface area contributed by atoms with Gasteiger partial charge in [0.15, 0.2) is 13.2 Å². The minimum Gasteiger partial charge on any atom is -0.482 e. The van der Waals surface area contributed by atoms with Crippen molar-refractivity contribution in [1.29, 1.82) is 0 Å². The molecule has 1 aliphatic rings. The summed E-state index contributed by atoms with van der Waals surface area (Å²) in [5.74, 6) is 0.337. The number of hydrogen-bond acceptors (Lipinski definition) is 4. The molecule has 0 aliphatic heterocycles. The Morgan fingerprint density at radius 3 is 2.62 bits per heavy atom. The van der Waals surface area contributed by atoms with Crippen LogP contribution in [0.5, 0.6) is 5.75 Å². The van der Waals surface area contributed by atoms with Crippen LogP contribution < -0.4 is 10.1 Å². The van der Waals surface area contributed by atoms with Gasteiger partial charge in [-0.3, -0.25) is 4.79 Å². The molecule has 1 saturated carbocycles. The first kappa shape index (κ1) is 16.3. The van der Waals surface area contributed by atoms with Crippen LogP contribution in [0.25, 0.3) is 10.8 Å². The lowest BCUT2D eigenvalue weighted by Gasteiger charge is -2.13. The van der Waals surface area contributed by atoms with Crippen LogP contribution in [-0.4, -0.2) is 31.1 Å². The Balaban J connectivity index is 1.41. The third-order valence-electron chi connectivity index (χ3n) is 4.16. The molecule has 2 aromatic carbocycles. The third kappa shape index (κ3) is 4.47. The quantitative estimate of drug-likeness (QED) is 0.794. The van der Waals surface area contributed by atoms with Crippen molar-refractivity contribution in [3.63, 3.8) is 0 Å². The Morgan fingerprint density at radius 1 is 1.12 bits per heavy atom. The summed E-state index contributed by atoms with van der Waals surface area (Å²) in [6.07, 6.45) is 2.31. The fourth-order valence-corrected chi connectivity index (χ4v) is 2.60. The van der Waals surface area contributed by atoms with Crippen LogP contribution in [0.4, 0.5) is 0 Å². The van der Waals surface area contributed by atoms with Gasteiger partial charge >= 0.3 is 5.97 Å². The summed E-state index contributed by atoms with van der Waals surface area (Å²) in [5, 5.41) is 4.98. The number of esters is 1. The maximum atomic E-state index is 11.7. The van der Waals surface area contributed by atoms with Gasteiger partial charge in [-0.15, -0.1) is 0 Å². The van der Waals surface area contributed by atoms with Gasteiger partial charge in [-0.25, -0.2) is 4.79 Å². The van der Waals surface area contributed by atoms with Crippen LogP contribution in [0, 0.1) is 5.92 Å². The van der Waals surface area contributed by atoms with Crippen molar-refractivity contribution >= 4 is 22.6 Å². The standard InChI is InChI=1S/C19H21NO4/c1-13(14-6-7-14)20-18(21)11-24-19(22)12-23-17-9-8-15-4-2-3-5-16(15)10-17/h2-5,8-10,13-14H,6-7,11-12H2,1H3,(H,20,21)/t13-/m0/s1. The lowest BCUT2D eigenvalue weighted by molar-refractivity contribution is -0.150. The molecule has 0 heterocycles. The molecule has 1 N–H and O–H groups in total. The fourth-order valence-electron chi connectivity index (χ4n) is 2.60. The van der Waals surface area contributed by atoms with E-state index in [-0.39, 0.29) is 25.2 Å². The Morgan fingerprint density at radius 2 is 1.88 bits per heavy atom. The van der Waals surface area contributed by atoms with Gasteiger partial charge in [0, 0.05) is 6.04 Å². The van der Waals surface area contributed by atoms with E-state index in [1.54, 1.807) is 6.07 Å². The van der Waals surface area contributed by atoms with Crippen LogP contribution in [-0.2, 0) is 14.3 Å². The van der Waals surface area contributed by atoms with Gasteiger partial charge in [-0.05, 0) is 48.6 Å². The van der Waals surface area contributed by atoms with Crippen molar-refractivity contribution in [1.82, 2.24) is 5.32 Å². The number of rotatable bonds is 7. The van der Waals surface area contributed by atoms with Gasteiger partial charge in [-0.2, -0.15) is 0 Å². The molecule has 24 heavy (non-hydrogen) atoms. The summed E-state index contributed by atoms with van der Waals surface area (Å²) in [6, 6.07) is 13.6. The van der Waals surface area contributed by atoms with Crippen molar-refractivity contribution in [2.45, 2.75) is 25.8 Å². The number of hydrogen-bond donors (Lipinski definition) is 1. The molecule has 5 nitrogen and oxygen atoms in total. The van der Waals surface area contributed by atoms with Crippen LogP contribution in [0.1, 0.15) is 19.8 Å². The summed E-state index contributed by atoms with van der Waals surface area (Å²) in [7, 11) is 0. The summed E-state index contributed by atoms with van der Waals surface area (Å²) in [5.41, 5.74) is 0. The van der Waals surface area contributed by atoms with Gasteiger partial charge in [0.2, 0.25) is 0 Å². The first-order valence-electron chi connectivity index (χ1n) is 8.18. The fraction of sp³-hybridized carbons (Fsp3) is 0.368. The van der Waals surface area contributed by atoms with Gasteiger partial charge in [-0.1, -0.05) is 30.3 Å². The highest BCUT2D eigenvalue weighted by Crippen LogP contribution is 2.32. The highest BCUT2D eigenvalue weighted by molar-refractivity contribution is 5.84. The summed E-state index contributed by atoms with van der Waals surface area (Å²) in [6.45, 7) is 1.49. The number of ether oxygens (including phenoxy) is 2. The van der Waals surface area contributed by atoms with E-state index in [1.807, 2.05) is 43.3 Å². The minimum atomic E-state index is -0.558. The smallest absolute Gasteiger partial charge is 0.344 e. The Kier molecular flexibility index (Phi) is 4.99. The summed E-state index contributed by atoms with van der Waals surface area (Å²) in [4.78, 5) is 23.4. The lowest BCUT2D eigenvalue weighted by atomic mass is 10.1. The highest BCUT2D eigenvalue weighted by Gasteiger charge is 2.28. The second-order valence-electron chi connectivity index (χ2n) is 6.15. The molecule has 2 aromatic rings. The van der Waals surface area contributed by atoms with E-state index >= 15 is 0 Å². The second-order valence-corrected chi connectivity index (χ2v) is 6.15. The van der Waals surface area contributed by atoms with Crippen LogP contribution in [0.2, 0.25) is 0 Å². The van der Waals surface area contributed by atoms with Crippen LogP contribution >= 0.6 is 0 Å². The average molecular weight is 327 g/mol. The zero-order valence-electron chi connectivity index (χ0n) is 13.7. The molecule has 0 radical (unpaired) electrons. The van der Waals surface area contributed by atoms with Gasteiger partial charge in [0.1, 0.15) is 5.75 Å². The zero-order chi connectivity index (χ0) is 16.9. The van der Waals surface area contributed by atoms with Crippen LogP contribution in [0.3, 0.4) is 0 Å². The molecular weight excluding hydrogens is 306 g/mol. The molecule has 3 rings (SSSR count).